The van der Waals surface area contributed by atoms with Crippen LogP contribution in [0.25, 0.3) is 11.1 Å². The largest absolute Gasteiger partial charge is 0.497 e. The minimum atomic E-state index is -3.70. The number of amides is 1. The maximum absolute atomic E-state index is 13.0. The number of ether oxygens (including phenoxy) is 1. The van der Waals surface area contributed by atoms with Gasteiger partial charge in [-0.2, -0.15) is 0 Å². The second-order valence-corrected chi connectivity index (χ2v) is 8.69. The summed E-state index contributed by atoms with van der Waals surface area (Å²) in [6.45, 7) is 1.56. The Balaban J connectivity index is 1.90. The second kappa shape index (κ2) is 9.00. The number of hydrogen-bond donors (Lipinski definition) is 1. The molecule has 1 N–H and O–H groups in total. The number of nitrogens with zero attached hydrogens (tertiary/aromatic N) is 1. The van der Waals surface area contributed by atoms with Gasteiger partial charge in [0, 0.05) is 11.3 Å². The number of para-hydroxylation sites is 1. The first-order chi connectivity index (χ1) is 14.3. The molecule has 156 valence electrons. The van der Waals surface area contributed by atoms with Gasteiger partial charge in [0.25, 0.3) is 0 Å². The van der Waals surface area contributed by atoms with Crippen LogP contribution < -0.4 is 14.4 Å². The highest BCUT2D eigenvalue weighted by atomic mass is 32.2. The molecule has 0 aliphatic rings. The molecule has 0 fully saturated rings. The summed E-state index contributed by atoms with van der Waals surface area (Å²) in [4.78, 5) is 13.0. The zero-order valence-corrected chi connectivity index (χ0v) is 17.9. The van der Waals surface area contributed by atoms with Crippen LogP contribution >= 0.6 is 0 Å². The molecule has 30 heavy (non-hydrogen) atoms. The Hall–Kier alpha value is -3.32. The third-order valence-electron chi connectivity index (χ3n) is 4.69. The Morgan fingerprint density at radius 3 is 2.13 bits per heavy atom. The molecule has 0 bridgehead atoms. The molecule has 6 nitrogen and oxygen atoms in total. The van der Waals surface area contributed by atoms with Crippen LogP contribution in [0.4, 0.5) is 11.4 Å². The number of sulfonamides is 1. The van der Waals surface area contributed by atoms with Crippen LogP contribution in [0.3, 0.4) is 0 Å². The summed E-state index contributed by atoms with van der Waals surface area (Å²) in [7, 11) is -2.17. The Labute approximate surface area is 177 Å². The van der Waals surface area contributed by atoms with E-state index in [1.165, 1.54) is 7.11 Å². The summed E-state index contributed by atoms with van der Waals surface area (Å²) in [6, 6.07) is 22.7. The number of rotatable bonds is 7. The van der Waals surface area contributed by atoms with E-state index >= 15 is 0 Å². The molecule has 3 rings (SSSR count). The molecular weight excluding hydrogens is 400 g/mol. The Morgan fingerprint density at radius 1 is 0.933 bits per heavy atom. The molecule has 0 aliphatic heterocycles. The average molecular weight is 425 g/mol. The van der Waals surface area contributed by atoms with E-state index in [1.807, 2.05) is 48.5 Å². The standard InChI is InChI=1S/C23H24N2O4S/c1-17(25(30(3,27)28)19-13-15-20(29-2)16-14-19)23(26)24-22-12-8-7-11-21(22)18-9-5-4-6-10-18/h4-17H,1-3H3,(H,24,26)/t17-/m0/s1. The van der Waals surface area contributed by atoms with E-state index in [0.717, 1.165) is 21.7 Å². The summed E-state index contributed by atoms with van der Waals surface area (Å²) in [5.41, 5.74) is 2.81. The van der Waals surface area contributed by atoms with Crippen molar-refractivity contribution in [1.29, 1.82) is 0 Å². The van der Waals surface area contributed by atoms with Crippen molar-refractivity contribution in [1.82, 2.24) is 0 Å². The third kappa shape index (κ3) is 4.80. The fourth-order valence-corrected chi connectivity index (χ4v) is 4.41. The van der Waals surface area contributed by atoms with E-state index in [-0.39, 0.29) is 0 Å². The van der Waals surface area contributed by atoms with Gasteiger partial charge < -0.3 is 10.1 Å². The fourth-order valence-electron chi connectivity index (χ4n) is 3.24. The molecule has 0 saturated carbocycles. The van der Waals surface area contributed by atoms with Gasteiger partial charge in [0.05, 0.1) is 19.1 Å². The van der Waals surface area contributed by atoms with E-state index in [2.05, 4.69) is 5.32 Å². The lowest BCUT2D eigenvalue weighted by atomic mass is 10.0. The van der Waals surface area contributed by atoms with Gasteiger partial charge in [0.15, 0.2) is 0 Å². The molecular formula is C23H24N2O4S. The number of anilines is 2. The third-order valence-corrected chi connectivity index (χ3v) is 5.93. The van der Waals surface area contributed by atoms with Crippen LogP contribution in [-0.2, 0) is 14.8 Å². The van der Waals surface area contributed by atoms with Gasteiger partial charge in [0.1, 0.15) is 11.8 Å². The molecule has 0 radical (unpaired) electrons. The smallest absolute Gasteiger partial charge is 0.248 e. The predicted molar refractivity (Wildman–Crippen MR) is 120 cm³/mol. The lowest BCUT2D eigenvalue weighted by Gasteiger charge is -2.28. The number of carbonyl (C=O) groups is 1. The van der Waals surface area contributed by atoms with Crippen molar-refractivity contribution in [2.45, 2.75) is 13.0 Å². The van der Waals surface area contributed by atoms with Crippen molar-refractivity contribution in [2.75, 3.05) is 23.0 Å². The van der Waals surface area contributed by atoms with Crippen molar-refractivity contribution in [3.63, 3.8) is 0 Å². The van der Waals surface area contributed by atoms with Gasteiger partial charge in [-0.25, -0.2) is 8.42 Å². The Bertz CT molecular complexity index is 1110. The van der Waals surface area contributed by atoms with Crippen molar-refractivity contribution in [3.05, 3.63) is 78.9 Å². The highest BCUT2D eigenvalue weighted by Crippen LogP contribution is 2.29. The minimum Gasteiger partial charge on any atom is -0.497 e. The van der Waals surface area contributed by atoms with Crippen LogP contribution in [0, 0.1) is 0 Å². The normalized spacial score (nSPS) is 12.1. The van der Waals surface area contributed by atoms with Gasteiger partial charge in [-0.3, -0.25) is 9.10 Å². The zero-order valence-electron chi connectivity index (χ0n) is 17.1. The van der Waals surface area contributed by atoms with Gasteiger partial charge >= 0.3 is 0 Å². The van der Waals surface area contributed by atoms with E-state index in [0.29, 0.717) is 17.1 Å². The fraction of sp³-hybridized carbons (Fsp3) is 0.174. The van der Waals surface area contributed by atoms with Gasteiger partial charge in [-0.15, -0.1) is 0 Å². The van der Waals surface area contributed by atoms with Crippen LogP contribution in [0.2, 0.25) is 0 Å². The number of benzene rings is 3. The zero-order chi connectivity index (χ0) is 21.7. The predicted octanol–water partition coefficient (Wildman–Crippen LogP) is 4.16. The summed E-state index contributed by atoms with van der Waals surface area (Å²) >= 11 is 0. The molecule has 0 aliphatic carbocycles. The van der Waals surface area contributed by atoms with E-state index in [4.69, 9.17) is 4.74 Å². The Kier molecular flexibility index (Phi) is 6.42. The second-order valence-electron chi connectivity index (χ2n) is 6.83. The summed E-state index contributed by atoms with van der Waals surface area (Å²) in [6.07, 6.45) is 1.08. The first-order valence-corrected chi connectivity index (χ1v) is 11.2. The molecule has 1 atom stereocenters. The number of methoxy groups -OCH3 is 1. The quantitative estimate of drug-likeness (QED) is 0.618. The molecule has 1 amide bonds. The Morgan fingerprint density at radius 2 is 1.53 bits per heavy atom. The first kappa shape index (κ1) is 21.4. The molecule has 0 unspecified atom stereocenters. The molecule has 3 aromatic rings. The van der Waals surface area contributed by atoms with Crippen molar-refractivity contribution in [2.24, 2.45) is 0 Å². The molecule has 0 aromatic heterocycles. The van der Waals surface area contributed by atoms with Crippen LogP contribution in [0.5, 0.6) is 5.75 Å². The summed E-state index contributed by atoms with van der Waals surface area (Å²) < 4.78 is 31.2. The highest BCUT2D eigenvalue weighted by molar-refractivity contribution is 7.92. The molecule has 7 heteroatoms. The topological polar surface area (TPSA) is 75.7 Å². The molecule has 0 saturated heterocycles. The van der Waals surface area contributed by atoms with Crippen molar-refractivity contribution < 1.29 is 17.9 Å². The lowest BCUT2D eigenvalue weighted by Crippen LogP contribution is -2.45. The minimum absolute atomic E-state index is 0.386. The monoisotopic (exact) mass is 424 g/mol. The SMILES string of the molecule is COc1ccc(N([C@@H](C)C(=O)Nc2ccccc2-c2ccccc2)S(C)(=O)=O)cc1. The summed E-state index contributed by atoms with van der Waals surface area (Å²) in [5.74, 6) is 0.167. The molecule has 0 heterocycles. The molecule has 3 aromatic carbocycles. The number of carbonyl (C=O) groups excluding carboxylic acids is 1. The first-order valence-electron chi connectivity index (χ1n) is 9.40. The van der Waals surface area contributed by atoms with Gasteiger partial charge in [-0.1, -0.05) is 48.5 Å². The maximum atomic E-state index is 13.0. The van der Waals surface area contributed by atoms with Crippen molar-refractivity contribution in [3.8, 4) is 16.9 Å². The number of hydrogen-bond acceptors (Lipinski definition) is 4. The van der Waals surface area contributed by atoms with Gasteiger partial charge in [-0.05, 0) is 42.8 Å². The summed E-state index contributed by atoms with van der Waals surface area (Å²) in [5, 5.41) is 2.88. The van der Waals surface area contributed by atoms with E-state index in [1.54, 1.807) is 37.3 Å². The number of nitrogens with one attached hydrogen (secondary N) is 1. The van der Waals surface area contributed by atoms with Crippen molar-refractivity contribution >= 4 is 27.3 Å². The highest BCUT2D eigenvalue weighted by Gasteiger charge is 2.29. The van der Waals surface area contributed by atoms with Crippen LogP contribution in [0.15, 0.2) is 78.9 Å². The molecule has 0 spiro atoms. The average Bonchev–Trinajstić information content (AvgIpc) is 2.74. The van der Waals surface area contributed by atoms with Crippen LogP contribution in [0.1, 0.15) is 6.92 Å². The maximum Gasteiger partial charge on any atom is 0.248 e. The van der Waals surface area contributed by atoms with Crippen LogP contribution in [-0.4, -0.2) is 33.7 Å². The lowest BCUT2D eigenvalue weighted by molar-refractivity contribution is -0.116. The van der Waals surface area contributed by atoms with Gasteiger partial charge in [0.2, 0.25) is 15.9 Å². The van der Waals surface area contributed by atoms with E-state index < -0.39 is 22.0 Å². The van der Waals surface area contributed by atoms with E-state index in [9.17, 15) is 13.2 Å².